The largest absolute Gasteiger partial charge is 0.365 e. The first-order valence-corrected chi connectivity index (χ1v) is 8.53. The zero-order chi connectivity index (χ0) is 15.2. The lowest BCUT2D eigenvalue weighted by molar-refractivity contribution is 0.979. The molecule has 0 saturated carbocycles. The summed E-state index contributed by atoms with van der Waals surface area (Å²) in [4.78, 5) is 9.33. The Hall–Kier alpha value is -2.07. The zero-order valence-electron chi connectivity index (χ0n) is 12.6. The van der Waals surface area contributed by atoms with E-state index >= 15 is 0 Å². The number of benzene rings is 2. The van der Waals surface area contributed by atoms with Gasteiger partial charge in [0.25, 0.3) is 0 Å². The Balaban J connectivity index is 1.88. The van der Waals surface area contributed by atoms with E-state index in [4.69, 9.17) is 4.98 Å². The molecule has 3 aromatic rings. The summed E-state index contributed by atoms with van der Waals surface area (Å²) in [5, 5.41) is 5.37. The third-order valence-corrected chi connectivity index (χ3v) is 4.37. The molecule has 1 aromatic heterocycles. The van der Waals surface area contributed by atoms with Gasteiger partial charge >= 0.3 is 0 Å². The van der Waals surface area contributed by atoms with Gasteiger partial charge < -0.3 is 5.32 Å². The van der Waals surface area contributed by atoms with Gasteiger partial charge in [-0.2, -0.15) is 0 Å². The first kappa shape index (κ1) is 14.9. The molecule has 22 heavy (non-hydrogen) atoms. The van der Waals surface area contributed by atoms with Gasteiger partial charge in [-0.25, -0.2) is 9.97 Å². The second-order valence-electron chi connectivity index (χ2n) is 5.06. The van der Waals surface area contributed by atoms with Crippen LogP contribution in [0.25, 0.3) is 10.9 Å². The zero-order valence-corrected chi connectivity index (χ0v) is 13.4. The molecule has 0 aliphatic rings. The third-order valence-electron chi connectivity index (χ3n) is 3.32. The van der Waals surface area contributed by atoms with Crippen molar-refractivity contribution in [2.45, 2.75) is 25.0 Å². The van der Waals surface area contributed by atoms with Gasteiger partial charge in [-0.1, -0.05) is 61.2 Å². The molecule has 3 rings (SSSR count). The second-order valence-corrected chi connectivity index (χ2v) is 6.12. The standard InChI is InChI=1S/C18H19N3S/c1-2-12-22-18-20-16-11-7-6-10-15(16)17(21-18)19-13-14-8-4-3-5-9-14/h3-11H,2,12-13H2,1H3,(H,19,20,21). The SMILES string of the molecule is CCCSc1nc(NCc2ccccc2)c2ccccc2n1. The monoisotopic (exact) mass is 309 g/mol. The van der Waals surface area contributed by atoms with Crippen molar-refractivity contribution in [1.82, 2.24) is 9.97 Å². The number of hydrogen-bond donors (Lipinski definition) is 1. The highest BCUT2D eigenvalue weighted by atomic mass is 32.2. The molecule has 3 nitrogen and oxygen atoms in total. The van der Waals surface area contributed by atoms with Gasteiger partial charge in [0.15, 0.2) is 5.16 Å². The minimum Gasteiger partial charge on any atom is -0.365 e. The second kappa shape index (κ2) is 7.27. The highest BCUT2D eigenvalue weighted by Gasteiger charge is 2.07. The van der Waals surface area contributed by atoms with E-state index in [1.165, 1.54) is 5.56 Å². The molecule has 0 bridgehead atoms. The number of aromatic nitrogens is 2. The summed E-state index contributed by atoms with van der Waals surface area (Å²) in [6, 6.07) is 18.5. The van der Waals surface area contributed by atoms with E-state index in [1.807, 2.05) is 24.3 Å². The van der Waals surface area contributed by atoms with Crippen LogP contribution in [-0.4, -0.2) is 15.7 Å². The highest BCUT2D eigenvalue weighted by molar-refractivity contribution is 7.99. The Labute approximate surface area is 135 Å². The molecule has 4 heteroatoms. The Morgan fingerprint density at radius 2 is 1.73 bits per heavy atom. The van der Waals surface area contributed by atoms with Crippen LogP contribution in [0.5, 0.6) is 0 Å². The van der Waals surface area contributed by atoms with Crippen molar-refractivity contribution in [3.8, 4) is 0 Å². The van der Waals surface area contributed by atoms with Gasteiger partial charge in [-0.15, -0.1) is 0 Å². The number of anilines is 1. The van der Waals surface area contributed by atoms with E-state index in [0.717, 1.165) is 40.6 Å². The molecule has 0 amide bonds. The van der Waals surface area contributed by atoms with E-state index in [0.29, 0.717) is 0 Å². The first-order valence-electron chi connectivity index (χ1n) is 7.54. The molecule has 112 valence electrons. The summed E-state index contributed by atoms with van der Waals surface area (Å²) in [7, 11) is 0. The number of fused-ring (bicyclic) bond motifs is 1. The molecule has 1 N–H and O–H groups in total. The van der Waals surface area contributed by atoms with Crippen LogP contribution in [0.15, 0.2) is 59.8 Å². The molecule has 0 saturated heterocycles. The maximum absolute atomic E-state index is 4.69. The van der Waals surface area contributed by atoms with E-state index in [9.17, 15) is 0 Å². The molecule has 0 aliphatic heterocycles. The summed E-state index contributed by atoms with van der Waals surface area (Å²) in [6.07, 6.45) is 1.12. The van der Waals surface area contributed by atoms with Crippen molar-refractivity contribution in [3.63, 3.8) is 0 Å². The third kappa shape index (κ3) is 3.57. The molecule has 0 unspecified atom stereocenters. The summed E-state index contributed by atoms with van der Waals surface area (Å²) >= 11 is 1.71. The molecule has 1 heterocycles. The quantitative estimate of drug-likeness (QED) is 0.527. The minimum absolute atomic E-state index is 0.764. The van der Waals surface area contributed by atoms with Crippen LogP contribution in [-0.2, 0) is 6.54 Å². The molecular formula is C18H19N3S. The number of rotatable bonds is 6. The van der Waals surface area contributed by atoms with Crippen molar-refractivity contribution in [2.24, 2.45) is 0 Å². The van der Waals surface area contributed by atoms with Gasteiger partial charge in [-0.05, 0) is 24.1 Å². The van der Waals surface area contributed by atoms with Crippen LogP contribution in [0, 0.1) is 0 Å². The number of para-hydroxylation sites is 1. The van der Waals surface area contributed by atoms with Gasteiger partial charge in [-0.3, -0.25) is 0 Å². The van der Waals surface area contributed by atoms with Crippen LogP contribution in [0.2, 0.25) is 0 Å². The summed E-state index contributed by atoms with van der Waals surface area (Å²) in [5.74, 6) is 1.95. The van der Waals surface area contributed by atoms with Crippen LogP contribution in [0.3, 0.4) is 0 Å². The fourth-order valence-electron chi connectivity index (χ4n) is 2.23. The lowest BCUT2D eigenvalue weighted by atomic mass is 10.2. The van der Waals surface area contributed by atoms with E-state index < -0.39 is 0 Å². The average molecular weight is 309 g/mol. The van der Waals surface area contributed by atoms with E-state index in [2.05, 4.69) is 47.6 Å². The van der Waals surface area contributed by atoms with Crippen molar-refractivity contribution in [3.05, 3.63) is 60.2 Å². The Kier molecular flexibility index (Phi) is 4.91. The highest BCUT2D eigenvalue weighted by Crippen LogP contribution is 2.25. The lowest BCUT2D eigenvalue weighted by Crippen LogP contribution is -2.04. The average Bonchev–Trinajstić information content (AvgIpc) is 2.58. The van der Waals surface area contributed by atoms with E-state index in [1.54, 1.807) is 11.8 Å². The lowest BCUT2D eigenvalue weighted by Gasteiger charge is -2.10. The summed E-state index contributed by atoms with van der Waals surface area (Å²) in [5.41, 5.74) is 2.24. The number of nitrogens with one attached hydrogen (secondary N) is 1. The normalized spacial score (nSPS) is 10.8. The van der Waals surface area contributed by atoms with Crippen molar-refractivity contribution in [2.75, 3.05) is 11.1 Å². The number of nitrogens with zero attached hydrogens (tertiary/aromatic N) is 2. The molecule has 0 spiro atoms. The van der Waals surface area contributed by atoms with Gasteiger partial charge in [0.2, 0.25) is 0 Å². The fourth-order valence-corrected chi connectivity index (χ4v) is 2.94. The smallest absolute Gasteiger partial charge is 0.190 e. The molecular weight excluding hydrogens is 290 g/mol. The maximum Gasteiger partial charge on any atom is 0.190 e. The van der Waals surface area contributed by atoms with E-state index in [-0.39, 0.29) is 0 Å². The first-order chi connectivity index (χ1) is 10.9. The van der Waals surface area contributed by atoms with Crippen LogP contribution in [0.4, 0.5) is 5.82 Å². The predicted molar refractivity (Wildman–Crippen MR) is 94.3 cm³/mol. The summed E-state index contributed by atoms with van der Waals surface area (Å²) in [6.45, 7) is 2.93. The van der Waals surface area contributed by atoms with Gasteiger partial charge in [0, 0.05) is 17.7 Å². The van der Waals surface area contributed by atoms with Gasteiger partial charge in [0.1, 0.15) is 5.82 Å². The maximum atomic E-state index is 4.69. The number of thioether (sulfide) groups is 1. The molecule has 2 aromatic carbocycles. The van der Waals surface area contributed by atoms with Crippen LogP contribution < -0.4 is 5.32 Å². The molecule has 0 atom stereocenters. The number of hydrogen-bond acceptors (Lipinski definition) is 4. The molecule has 0 radical (unpaired) electrons. The predicted octanol–water partition coefficient (Wildman–Crippen LogP) is 4.74. The molecule has 0 fully saturated rings. The summed E-state index contributed by atoms with van der Waals surface area (Å²) < 4.78 is 0. The van der Waals surface area contributed by atoms with Crippen molar-refractivity contribution >= 4 is 28.5 Å². The van der Waals surface area contributed by atoms with Crippen LogP contribution in [0.1, 0.15) is 18.9 Å². The fraction of sp³-hybridized carbons (Fsp3) is 0.222. The van der Waals surface area contributed by atoms with Gasteiger partial charge in [0.05, 0.1) is 5.52 Å². The van der Waals surface area contributed by atoms with Crippen molar-refractivity contribution in [1.29, 1.82) is 0 Å². The topological polar surface area (TPSA) is 37.8 Å². The Bertz CT molecular complexity index is 744. The Morgan fingerprint density at radius 3 is 2.55 bits per heavy atom. The minimum atomic E-state index is 0.764. The van der Waals surface area contributed by atoms with Crippen LogP contribution >= 0.6 is 11.8 Å². The van der Waals surface area contributed by atoms with Crippen molar-refractivity contribution < 1.29 is 0 Å². The Morgan fingerprint density at radius 1 is 0.955 bits per heavy atom. The molecule has 0 aliphatic carbocycles.